The number of carbonyl (C=O) groups is 3. The van der Waals surface area contributed by atoms with Gasteiger partial charge in [-0.1, -0.05) is 78.9 Å². The number of aromatic amines is 2. The zero-order chi connectivity index (χ0) is 38.9. The minimum Gasteiger partial charge on any atom is -0.465 e. The average molecular weight is 769 g/mol. The Kier molecular flexibility index (Phi) is 10.3. The molecule has 0 saturated carbocycles. The van der Waals surface area contributed by atoms with Crippen LogP contribution in [0.1, 0.15) is 73.9 Å². The maximum Gasteiger partial charge on any atom is 0.407 e. The van der Waals surface area contributed by atoms with E-state index in [0.29, 0.717) is 39.3 Å². The van der Waals surface area contributed by atoms with Crippen molar-refractivity contribution in [1.29, 1.82) is 0 Å². The predicted octanol–water partition coefficient (Wildman–Crippen LogP) is 6.68. The summed E-state index contributed by atoms with van der Waals surface area (Å²) in [5.41, 5.74) is 6.86. The molecule has 4 atom stereocenters. The maximum absolute atomic E-state index is 14.4. The molecule has 0 radical (unpaired) electrons. The van der Waals surface area contributed by atoms with Crippen molar-refractivity contribution >= 4 is 17.9 Å². The Bertz CT molecular complexity index is 2190. The number of hydrogen-bond donors (Lipinski definition) is 3. The number of nitrogens with one attached hydrogen (secondary N) is 2. The lowest BCUT2D eigenvalue weighted by Crippen LogP contribution is -2.52. The number of H-pyrrole nitrogens is 2. The van der Waals surface area contributed by atoms with E-state index in [-0.39, 0.29) is 30.0 Å². The van der Waals surface area contributed by atoms with Crippen LogP contribution in [-0.2, 0) is 14.3 Å². The van der Waals surface area contributed by atoms with Crippen molar-refractivity contribution in [2.24, 2.45) is 0 Å². The van der Waals surface area contributed by atoms with E-state index in [0.717, 1.165) is 95.9 Å². The molecule has 5 aromatic rings. The number of ether oxygens (including phenoxy) is 1. The van der Waals surface area contributed by atoms with Crippen molar-refractivity contribution in [1.82, 2.24) is 39.5 Å². The van der Waals surface area contributed by atoms with Gasteiger partial charge in [0.1, 0.15) is 23.8 Å². The van der Waals surface area contributed by atoms with Crippen molar-refractivity contribution < 1.29 is 24.2 Å². The number of imidazole rings is 2. The lowest BCUT2D eigenvalue weighted by molar-refractivity contribution is -0.142. The summed E-state index contributed by atoms with van der Waals surface area (Å²) in [6.07, 6.45) is 7.82. The molecule has 1 unspecified atom stereocenters. The van der Waals surface area contributed by atoms with E-state index < -0.39 is 12.1 Å². The van der Waals surface area contributed by atoms with Gasteiger partial charge in [0, 0.05) is 57.6 Å². The summed E-state index contributed by atoms with van der Waals surface area (Å²) in [7, 11) is 0. The van der Waals surface area contributed by atoms with Gasteiger partial charge in [-0.3, -0.25) is 14.5 Å². The molecule has 4 aliphatic heterocycles. The number of amides is 3. The highest BCUT2D eigenvalue weighted by Crippen LogP contribution is 2.37. The van der Waals surface area contributed by atoms with Gasteiger partial charge in [-0.05, 0) is 60.8 Å². The van der Waals surface area contributed by atoms with Crippen LogP contribution in [-0.4, -0.2) is 115 Å². The molecule has 0 aliphatic carbocycles. The van der Waals surface area contributed by atoms with Crippen LogP contribution in [0.15, 0.2) is 91.3 Å². The highest BCUT2D eigenvalue weighted by molar-refractivity contribution is 5.84. The van der Waals surface area contributed by atoms with Gasteiger partial charge in [0.15, 0.2) is 0 Å². The first kappa shape index (κ1) is 36.8. The monoisotopic (exact) mass is 768 g/mol. The number of carbonyl (C=O) groups excluding carboxylic acids is 2. The number of likely N-dealkylation sites (tertiary alicyclic amines) is 2. The summed E-state index contributed by atoms with van der Waals surface area (Å²) < 4.78 is 5.68. The van der Waals surface area contributed by atoms with Crippen LogP contribution in [0.4, 0.5) is 4.79 Å². The second kappa shape index (κ2) is 16.0. The fourth-order valence-electron chi connectivity index (χ4n) is 9.04. The van der Waals surface area contributed by atoms with Crippen molar-refractivity contribution in [2.75, 3.05) is 45.9 Å². The Balaban J connectivity index is 0.861. The third kappa shape index (κ3) is 7.44. The van der Waals surface area contributed by atoms with E-state index in [1.807, 2.05) is 52.5 Å². The Morgan fingerprint density at radius 2 is 1.37 bits per heavy atom. The Hall–Kier alpha value is -5.79. The highest BCUT2D eigenvalue weighted by Gasteiger charge is 2.40. The molecule has 3 amide bonds. The van der Waals surface area contributed by atoms with Crippen LogP contribution < -0.4 is 0 Å². The average Bonchev–Trinajstić information content (AvgIpc) is 4.11. The normalized spacial score (nSPS) is 22.0. The first-order valence-electron chi connectivity index (χ1n) is 20.2. The molecule has 294 valence electrons. The summed E-state index contributed by atoms with van der Waals surface area (Å²) in [5, 5.41) is 9.49. The number of piperazine rings is 1. The molecule has 3 N–H and O–H groups in total. The summed E-state index contributed by atoms with van der Waals surface area (Å²) in [6, 6.07) is 25.9. The predicted molar refractivity (Wildman–Crippen MR) is 214 cm³/mol. The van der Waals surface area contributed by atoms with E-state index in [4.69, 9.17) is 14.7 Å². The lowest BCUT2D eigenvalue weighted by atomic mass is 10.0. The van der Waals surface area contributed by atoms with Gasteiger partial charge in [-0.2, -0.15) is 0 Å². The van der Waals surface area contributed by atoms with E-state index in [1.54, 1.807) is 0 Å². The maximum atomic E-state index is 14.4. The fourth-order valence-corrected chi connectivity index (χ4v) is 9.04. The molecule has 0 bridgehead atoms. The summed E-state index contributed by atoms with van der Waals surface area (Å²) >= 11 is 0. The number of benzene rings is 3. The zero-order valence-corrected chi connectivity index (χ0v) is 31.9. The third-order valence-electron chi connectivity index (χ3n) is 12.1. The standard InChI is InChI=1S/C44H48N8O5/c53-42(38-11-6-26-57-38)51-20-4-9-36(51)40-45-27-34(47-40)31-16-12-29(13-17-31)30-14-18-32(19-15-30)35-28-46-41(48-35)37-10-5-21-52(37)43(54)39(33-7-2-1-3-8-33)49-22-24-50(25-23-49)44(55)56/h1-3,7-8,12-19,27-28,36-39H,4-6,9-11,20-26H2,(H,45,47)(H,46,48)(H,55,56)/t36-,37-,38+,39?/m0/s1. The smallest absolute Gasteiger partial charge is 0.407 e. The first-order chi connectivity index (χ1) is 27.9. The molecule has 0 spiro atoms. The van der Waals surface area contributed by atoms with Gasteiger partial charge in [-0.25, -0.2) is 14.8 Å². The van der Waals surface area contributed by atoms with Gasteiger partial charge in [0.25, 0.3) is 5.91 Å². The molecule has 4 aliphatic rings. The van der Waals surface area contributed by atoms with E-state index in [2.05, 4.69) is 63.4 Å². The molecule has 2 aromatic heterocycles. The van der Waals surface area contributed by atoms with E-state index in [9.17, 15) is 19.5 Å². The lowest BCUT2D eigenvalue weighted by Gasteiger charge is -2.39. The number of rotatable bonds is 9. The molecular formula is C44H48N8O5. The van der Waals surface area contributed by atoms with Crippen LogP contribution in [0.3, 0.4) is 0 Å². The highest BCUT2D eigenvalue weighted by atomic mass is 16.5. The SMILES string of the molecule is O=C(O)N1CCN(C(C(=O)N2CCC[C@H]2c2ncc(-c3ccc(-c4ccc(-c5c[nH]c([C@@H]6CCCN6C(=O)[C@H]6CCCO6)n5)cc4)cc3)[nH]2)c2ccccc2)CC1. The number of nitrogens with zero attached hydrogens (tertiary/aromatic N) is 6. The van der Waals surface area contributed by atoms with Gasteiger partial charge < -0.3 is 34.5 Å². The summed E-state index contributed by atoms with van der Waals surface area (Å²) in [4.78, 5) is 63.1. The molecule has 9 rings (SSSR count). The molecule has 4 saturated heterocycles. The Labute approximate surface area is 331 Å². The third-order valence-corrected chi connectivity index (χ3v) is 12.1. The minimum absolute atomic E-state index is 0.0237. The Morgan fingerprint density at radius 3 is 2.04 bits per heavy atom. The van der Waals surface area contributed by atoms with Gasteiger partial charge in [0.05, 0.1) is 29.7 Å². The van der Waals surface area contributed by atoms with Crippen molar-refractivity contribution in [3.8, 4) is 33.6 Å². The van der Waals surface area contributed by atoms with Crippen LogP contribution in [0.25, 0.3) is 33.6 Å². The molecule has 13 heteroatoms. The van der Waals surface area contributed by atoms with Gasteiger partial charge in [-0.15, -0.1) is 0 Å². The topological polar surface area (TPSA) is 151 Å². The van der Waals surface area contributed by atoms with Crippen LogP contribution in [0.2, 0.25) is 0 Å². The van der Waals surface area contributed by atoms with E-state index >= 15 is 0 Å². The minimum atomic E-state index is -0.924. The van der Waals surface area contributed by atoms with Gasteiger partial charge in [0.2, 0.25) is 5.91 Å². The van der Waals surface area contributed by atoms with Crippen LogP contribution in [0.5, 0.6) is 0 Å². The molecule has 6 heterocycles. The molecule has 4 fully saturated rings. The van der Waals surface area contributed by atoms with Crippen molar-refractivity contribution in [2.45, 2.75) is 62.8 Å². The number of carboxylic acid groups (broad SMARTS) is 1. The molecule has 3 aromatic carbocycles. The van der Waals surface area contributed by atoms with Crippen molar-refractivity contribution in [3.63, 3.8) is 0 Å². The quantitative estimate of drug-likeness (QED) is 0.150. The number of hydrogen-bond acceptors (Lipinski definition) is 7. The molecular weight excluding hydrogens is 721 g/mol. The second-order valence-corrected chi connectivity index (χ2v) is 15.5. The van der Waals surface area contributed by atoms with E-state index in [1.165, 1.54) is 4.90 Å². The van der Waals surface area contributed by atoms with Crippen LogP contribution >= 0.6 is 0 Å². The molecule has 13 nitrogen and oxygen atoms in total. The summed E-state index contributed by atoms with van der Waals surface area (Å²) in [6.45, 7) is 3.76. The molecule has 57 heavy (non-hydrogen) atoms. The van der Waals surface area contributed by atoms with Gasteiger partial charge >= 0.3 is 6.09 Å². The number of aromatic nitrogens is 4. The zero-order valence-electron chi connectivity index (χ0n) is 31.9. The van der Waals surface area contributed by atoms with Crippen LogP contribution in [0, 0.1) is 0 Å². The second-order valence-electron chi connectivity index (χ2n) is 15.5. The Morgan fingerprint density at radius 1 is 0.719 bits per heavy atom. The van der Waals surface area contributed by atoms with Crippen molar-refractivity contribution in [3.05, 3.63) is 108 Å². The first-order valence-corrected chi connectivity index (χ1v) is 20.2. The fraction of sp³-hybridized carbons (Fsp3) is 0.386. The largest absolute Gasteiger partial charge is 0.465 e. The summed E-state index contributed by atoms with van der Waals surface area (Å²) in [5.74, 6) is 1.71.